The molecule has 1 saturated carbocycles. The maximum Gasteiger partial charge on any atom is 0.234 e. The molecule has 1 amide bonds. The van der Waals surface area contributed by atoms with E-state index in [1.165, 1.54) is 12.8 Å². The van der Waals surface area contributed by atoms with Gasteiger partial charge in [-0.2, -0.15) is 0 Å². The Morgan fingerprint density at radius 1 is 1.27 bits per heavy atom. The van der Waals surface area contributed by atoms with Crippen LogP contribution >= 0.6 is 0 Å². The first kappa shape index (κ1) is 15.0. The molecule has 0 radical (unpaired) electrons. The topological polar surface area (TPSA) is 52.6 Å². The predicted octanol–water partition coefficient (Wildman–Crippen LogP) is 2.08. The summed E-state index contributed by atoms with van der Waals surface area (Å²) >= 11 is 0. The molecule has 4 nitrogen and oxygen atoms in total. The summed E-state index contributed by atoms with van der Waals surface area (Å²) in [5.41, 5.74) is 0.828. The van der Waals surface area contributed by atoms with Gasteiger partial charge in [-0.15, -0.1) is 0 Å². The zero-order chi connectivity index (χ0) is 15.5. The van der Waals surface area contributed by atoms with E-state index in [0.717, 1.165) is 16.3 Å². The van der Waals surface area contributed by atoms with Crippen molar-refractivity contribution in [2.24, 2.45) is 0 Å². The lowest BCUT2D eigenvalue weighted by atomic mass is 10.0. The second-order valence-electron chi connectivity index (χ2n) is 6.07. The summed E-state index contributed by atoms with van der Waals surface area (Å²) in [7, 11) is 1.97. The van der Waals surface area contributed by atoms with Crippen LogP contribution in [0.5, 0.6) is 0 Å². The van der Waals surface area contributed by atoms with E-state index in [1.54, 1.807) is 0 Å². The maximum absolute atomic E-state index is 11.9. The molecule has 0 bridgehead atoms. The van der Waals surface area contributed by atoms with Gasteiger partial charge < -0.3 is 10.4 Å². The van der Waals surface area contributed by atoms with Gasteiger partial charge >= 0.3 is 0 Å². The summed E-state index contributed by atoms with van der Waals surface area (Å²) in [5, 5.41) is 15.3. The largest absolute Gasteiger partial charge is 0.387 e. The molecule has 1 unspecified atom stereocenters. The highest BCUT2D eigenvalue weighted by Gasteiger charge is 2.27. The van der Waals surface area contributed by atoms with Crippen molar-refractivity contribution in [1.29, 1.82) is 0 Å². The summed E-state index contributed by atoms with van der Waals surface area (Å²) in [6.45, 7) is 0.644. The van der Waals surface area contributed by atoms with Gasteiger partial charge in [-0.1, -0.05) is 36.4 Å². The molecule has 116 valence electrons. The van der Waals surface area contributed by atoms with E-state index in [2.05, 4.69) is 10.2 Å². The number of amides is 1. The first-order valence-electron chi connectivity index (χ1n) is 7.77. The third-order valence-corrected chi connectivity index (χ3v) is 4.21. The number of aliphatic hydroxyl groups is 1. The van der Waals surface area contributed by atoms with E-state index in [-0.39, 0.29) is 12.5 Å². The molecule has 1 aliphatic rings. The molecule has 0 spiro atoms. The number of likely N-dealkylation sites (N-methyl/N-ethyl adjacent to an activating group) is 1. The molecule has 1 fully saturated rings. The standard InChI is InChI=1S/C18H22N2O2/c1-20(16-8-9-16)12-18(22)19-11-17(21)15-7-6-13-4-2-3-5-14(13)10-15/h2-7,10,16-17,21H,8-9,11-12H2,1H3,(H,19,22). The molecule has 0 aliphatic heterocycles. The summed E-state index contributed by atoms with van der Waals surface area (Å²) in [5.74, 6) is -0.0331. The Kier molecular flexibility index (Phi) is 4.41. The van der Waals surface area contributed by atoms with Crippen molar-refractivity contribution in [2.75, 3.05) is 20.1 Å². The predicted molar refractivity (Wildman–Crippen MR) is 87.6 cm³/mol. The number of nitrogens with one attached hydrogen (secondary N) is 1. The highest BCUT2D eigenvalue weighted by Crippen LogP contribution is 2.24. The first-order valence-corrected chi connectivity index (χ1v) is 7.77. The van der Waals surface area contributed by atoms with Gasteiger partial charge in [-0.3, -0.25) is 9.69 Å². The lowest BCUT2D eigenvalue weighted by Gasteiger charge is -2.17. The van der Waals surface area contributed by atoms with E-state index < -0.39 is 6.10 Å². The molecule has 0 saturated heterocycles. The molecule has 2 aromatic carbocycles. The van der Waals surface area contributed by atoms with Gasteiger partial charge in [0.2, 0.25) is 5.91 Å². The van der Waals surface area contributed by atoms with Crippen LogP contribution in [0.15, 0.2) is 42.5 Å². The molecular weight excluding hydrogens is 276 g/mol. The van der Waals surface area contributed by atoms with Crippen LogP contribution in [0.4, 0.5) is 0 Å². The fourth-order valence-electron chi connectivity index (χ4n) is 2.67. The molecule has 22 heavy (non-hydrogen) atoms. The Morgan fingerprint density at radius 3 is 2.73 bits per heavy atom. The van der Waals surface area contributed by atoms with Crippen molar-refractivity contribution in [3.05, 3.63) is 48.0 Å². The van der Waals surface area contributed by atoms with Crippen LogP contribution in [0.2, 0.25) is 0 Å². The minimum atomic E-state index is -0.681. The highest BCUT2D eigenvalue weighted by molar-refractivity contribution is 5.83. The molecule has 3 rings (SSSR count). The first-order chi connectivity index (χ1) is 10.6. The van der Waals surface area contributed by atoms with Gasteiger partial charge in [0, 0.05) is 12.6 Å². The van der Waals surface area contributed by atoms with Crippen molar-refractivity contribution >= 4 is 16.7 Å². The minimum Gasteiger partial charge on any atom is -0.387 e. The number of aliphatic hydroxyl groups excluding tert-OH is 1. The normalized spacial score (nSPS) is 16.0. The minimum absolute atomic E-state index is 0.0331. The summed E-state index contributed by atoms with van der Waals surface area (Å²) in [4.78, 5) is 13.9. The number of nitrogens with zero attached hydrogens (tertiary/aromatic N) is 1. The molecule has 2 N–H and O–H groups in total. The van der Waals surface area contributed by atoms with Crippen LogP contribution in [0.25, 0.3) is 10.8 Å². The molecule has 4 heteroatoms. The molecular formula is C18H22N2O2. The molecule has 1 aliphatic carbocycles. The van der Waals surface area contributed by atoms with E-state index in [0.29, 0.717) is 12.6 Å². The van der Waals surface area contributed by atoms with Crippen molar-refractivity contribution in [1.82, 2.24) is 10.2 Å². The van der Waals surface area contributed by atoms with Crippen molar-refractivity contribution in [3.63, 3.8) is 0 Å². The Hall–Kier alpha value is -1.91. The van der Waals surface area contributed by atoms with E-state index in [4.69, 9.17) is 0 Å². The Balaban J connectivity index is 1.55. The van der Waals surface area contributed by atoms with Crippen LogP contribution in [0.3, 0.4) is 0 Å². The quantitative estimate of drug-likeness (QED) is 0.858. The second-order valence-corrected chi connectivity index (χ2v) is 6.07. The summed E-state index contributed by atoms with van der Waals surface area (Å²) < 4.78 is 0. The number of carbonyl (C=O) groups is 1. The van der Waals surface area contributed by atoms with Crippen LogP contribution in [0.1, 0.15) is 24.5 Å². The van der Waals surface area contributed by atoms with Gasteiger partial charge in [0.05, 0.1) is 12.6 Å². The third kappa shape index (κ3) is 3.64. The third-order valence-electron chi connectivity index (χ3n) is 4.21. The summed E-state index contributed by atoms with van der Waals surface area (Å²) in [6.07, 6.45) is 1.69. The van der Waals surface area contributed by atoms with Gasteiger partial charge in [-0.05, 0) is 42.3 Å². The van der Waals surface area contributed by atoms with Crippen LogP contribution in [-0.2, 0) is 4.79 Å². The highest BCUT2D eigenvalue weighted by atomic mass is 16.3. The van der Waals surface area contributed by atoms with E-state index in [9.17, 15) is 9.90 Å². The SMILES string of the molecule is CN(CC(=O)NCC(O)c1ccc2ccccc2c1)C1CC1. The number of benzene rings is 2. The molecule has 0 aromatic heterocycles. The zero-order valence-electron chi connectivity index (χ0n) is 12.8. The second kappa shape index (κ2) is 6.46. The monoisotopic (exact) mass is 298 g/mol. The van der Waals surface area contributed by atoms with E-state index in [1.807, 2.05) is 49.5 Å². The van der Waals surface area contributed by atoms with Gasteiger partial charge in [-0.25, -0.2) is 0 Å². The van der Waals surface area contributed by atoms with Crippen LogP contribution < -0.4 is 5.32 Å². The summed E-state index contributed by atoms with van der Waals surface area (Å²) in [6, 6.07) is 14.5. The number of hydrogen-bond donors (Lipinski definition) is 2. The average Bonchev–Trinajstić information content (AvgIpc) is 3.37. The van der Waals surface area contributed by atoms with E-state index >= 15 is 0 Å². The lowest BCUT2D eigenvalue weighted by Crippen LogP contribution is -2.37. The number of carbonyl (C=O) groups excluding carboxylic acids is 1. The number of hydrogen-bond acceptors (Lipinski definition) is 3. The van der Waals surface area contributed by atoms with Crippen LogP contribution in [-0.4, -0.2) is 42.1 Å². The smallest absolute Gasteiger partial charge is 0.234 e. The van der Waals surface area contributed by atoms with Gasteiger partial charge in [0.25, 0.3) is 0 Å². The average molecular weight is 298 g/mol. The molecule has 0 heterocycles. The Morgan fingerprint density at radius 2 is 2.00 bits per heavy atom. The molecule has 2 aromatic rings. The Bertz CT molecular complexity index is 667. The van der Waals surface area contributed by atoms with Crippen molar-refractivity contribution in [3.8, 4) is 0 Å². The number of rotatable bonds is 6. The van der Waals surface area contributed by atoms with Crippen molar-refractivity contribution < 1.29 is 9.90 Å². The fraction of sp³-hybridized carbons (Fsp3) is 0.389. The van der Waals surface area contributed by atoms with Crippen molar-refractivity contribution in [2.45, 2.75) is 25.0 Å². The number of fused-ring (bicyclic) bond motifs is 1. The van der Waals surface area contributed by atoms with Gasteiger partial charge in [0.15, 0.2) is 0 Å². The Labute approximate surface area is 130 Å². The lowest BCUT2D eigenvalue weighted by molar-refractivity contribution is -0.122. The van der Waals surface area contributed by atoms with Gasteiger partial charge in [0.1, 0.15) is 0 Å². The maximum atomic E-state index is 11.9. The molecule has 1 atom stereocenters. The van der Waals surface area contributed by atoms with Crippen LogP contribution in [0, 0.1) is 0 Å². The zero-order valence-corrected chi connectivity index (χ0v) is 12.8. The fourth-order valence-corrected chi connectivity index (χ4v) is 2.67.